The standard InChI is InChI=1S/2C34H62N2O9.C26H48N2O7.C11H21NO5/c2*1-29(37)28-45-27-26-44-25-24-35-31(38)23-22-30(34(42)43)36-32(39)20-18-16-14-12-10-8-6-4-2-3-5-7-9-11-13-15-17-19-21-33(40)41;1-2-35-20-19-27-23(29)21-28(22-26(33)34)24(30)17-15-13-11-9-7-5-3-4-6-8-10-12-14-16-18-25(31)32;1-3-15-9-11(14)12-4-5-16-6-7-17-8-10(2)13/h2*30H,2-28H2,1H3,(H,35,38)(H,36,39)(H,40,41)(H,42,43);2-22H2,1H3,(H,27,29)(H,31,32)(H,33,34);3-9H2,1-2H3,(H,12,14)/t2*30-;;/m10../s1. The number of carboxylic acids is 6. The third-order valence-electron chi connectivity index (χ3n) is 22.7. The second-order valence-corrected chi connectivity index (χ2v) is 36.3. The summed E-state index contributed by atoms with van der Waals surface area (Å²) in [6.07, 6.45) is 59.0. The average molecular weight is 2030 g/mol. The summed E-state index contributed by atoms with van der Waals surface area (Å²) in [5.74, 6) is -7.67. The highest BCUT2D eigenvalue weighted by molar-refractivity contribution is 5.88. The lowest BCUT2D eigenvalue weighted by Crippen LogP contribution is -2.43. The van der Waals surface area contributed by atoms with Gasteiger partial charge in [-0.3, -0.25) is 67.1 Å². The number of rotatable bonds is 104. The van der Waals surface area contributed by atoms with Crippen molar-refractivity contribution in [3.63, 3.8) is 0 Å². The molecule has 0 bridgehead atoms. The first-order valence-electron chi connectivity index (χ1n) is 53.8. The van der Waals surface area contributed by atoms with Gasteiger partial charge in [0.1, 0.15) is 51.6 Å². The number of nitrogens with zero attached hydrogens (tertiary/aromatic N) is 1. The van der Waals surface area contributed by atoms with Gasteiger partial charge in [-0.05, 0) is 86.0 Å². The van der Waals surface area contributed by atoms with Gasteiger partial charge in [-0.25, -0.2) is 9.59 Å². The maximum atomic E-state index is 12.4. The van der Waals surface area contributed by atoms with E-state index in [9.17, 15) is 86.9 Å². The first-order chi connectivity index (χ1) is 68.5. The van der Waals surface area contributed by atoms with E-state index in [4.69, 9.17) is 58.3 Å². The van der Waals surface area contributed by atoms with Crippen LogP contribution in [0.5, 0.6) is 0 Å². The molecule has 37 nitrogen and oxygen atoms in total. The van der Waals surface area contributed by atoms with Crippen LogP contribution in [0.1, 0.15) is 420 Å². The van der Waals surface area contributed by atoms with Crippen molar-refractivity contribution in [3.8, 4) is 0 Å². The second kappa shape index (κ2) is 110. The molecule has 0 saturated carbocycles. The Balaban J connectivity index is -0.000000934. The van der Waals surface area contributed by atoms with E-state index in [-0.39, 0.29) is 169 Å². The van der Waals surface area contributed by atoms with Gasteiger partial charge in [-0.15, -0.1) is 0 Å². The average Bonchev–Trinajstić information content (AvgIpc) is 0.917. The minimum atomic E-state index is -1.15. The van der Waals surface area contributed by atoms with E-state index >= 15 is 0 Å². The molecule has 0 aromatic heterocycles. The molecule has 142 heavy (non-hydrogen) atoms. The Morgan fingerprint density at radius 1 is 0.218 bits per heavy atom. The number of carboxylic acid groups (broad SMARTS) is 6. The predicted octanol–water partition coefficient (Wildman–Crippen LogP) is 16.1. The monoisotopic (exact) mass is 2030 g/mol. The first-order valence-corrected chi connectivity index (χ1v) is 53.8. The fourth-order valence-electron chi connectivity index (χ4n) is 14.8. The summed E-state index contributed by atoms with van der Waals surface area (Å²) in [5.41, 5.74) is 0. The van der Waals surface area contributed by atoms with Crippen LogP contribution in [-0.2, 0) is 115 Å². The van der Waals surface area contributed by atoms with Crippen molar-refractivity contribution in [2.75, 3.05) is 145 Å². The van der Waals surface area contributed by atoms with Crippen molar-refractivity contribution in [3.05, 3.63) is 0 Å². The quantitative estimate of drug-likeness (QED) is 0.0252. The number of unbranched alkanes of at least 4 members (excludes halogenated alkanes) is 47. The molecule has 0 rings (SSSR count). The molecule has 0 heterocycles. The zero-order valence-electron chi connectivity index (χ0n) is 88.1. The molecule has 0 aliphatic rings. The number of nitrogens with one attached hydrogen (secondary N) is 6. The van der Waals surface area contributed by atoms with Crippen molar-refractivity contribution in [2.24, 2.45) is 0 Å². The van der Waals surface area contributed by atoms with Gasteiger partial charge in [-0.1, -0.05) is 283 Å². The maximum absolute atomic E-state index is 12.4. The van der Waals surface area contributed by atoms with E-state index in [2.05, 4.69) is 31.9 Å². The van der Waals surface area contributed by atoms with E-state index in [1.165, 1.54) is 207 Å². The zero-order valence-corrected chi connectivity index (χ0v) is 88.1. The Morgan fingerprint density at radius 3 is 0.683 bits per heavy atom. The molecule has 828 valence electrons. The molecule has 7 amide bonds. The number of carbonyl (C=O) groups excluding carboxylic acids is 10. The summed E-state index contributed by atoms with van der Waals surface area (Å²) < 4.78 is 40.9. The lowest BCUT2D eigenvalue weighted by molar-refractivity contribution is -0.146. The van der Waals surface area contributed by atoms with Gasteiger partial charge in [0, 0.05) is 90.8 Å². The summed E-state index contributed by atoms with van der Waals surface area (Å²) in [5, 5.41) is 69.4. The molecular weight excluding hydrogens is 1840 g/mol. The first kappa shape index (κ1) is 140. The van der Waals surface area contributed by atoms with Gasteiger partial charge in [-0.2, -0.15) is 0 Å². The Bertz CT molecular complexity index is 3030. The number of hydrogen-bond acceptors (Lipinski definition) is 24. The summed E-state index contributed by atoms with van der Waals surface area (Å²) in [7, 11) is 0. The minimum absolute atomic E-state index is 0.00631. The Morgan fingerprint density at radius 2 is 0.444 bits per heavy atom. The largest absolute Gasteiger partial charge is 0.481 e. The number of Topliss-reactive ketones (excluding diaryl/α,β-unsaturated/α-hetero) is 3. The highest BCUT2D eigenvalue weighted by Crippen LogP contribution is 2.20. The maximum Gasteiger partial charge on any atom is 0.326 e. The molecule has 37 heteroatoms. The van der Waals surface area contributed by atoms with Crippen LogP contribution >= 0.6 is 0 Å². The molecule has 2 atom stereocenters. The van der Waals surface area contributed by atoms with Gasteiger partial charge < -0.3 is 105 Å². The lowest BCUT2D eigenvalue weighted by Gasteiger charge is -2.20. The van der Waals surface area contributed by atoms with E-state index < -0.39 is 54.4 Å². The normalized spacial score (nSPS) is 11.3. The smallest absolute Gasteiger partial charge is 0.326 e. The zero-order chi connectivity index (χ0) is 106. The topological polar surface area (TPSA) is 544 Å². The van der Waals surface area contributed by atoms with E-state index in [1.54, 1.807) is 0 Å². The van der Waals surface area contributed by atoms with Gasteiger partial charge >= 0.3 is 35.8 Å². The van der Waals surface area contributed by atoms with Crippen molar-refractivity contribution < 1.29 is 145 Å². The molecule has 0 fully saturated rings. The van der Waals surface area contributed by atoms with Crippen molar-refractivity contribution >= 4 is 94.5 Å². The van der Waals surface area contributed by atoms with Crippen molar-refractivity contribution in [2.45, 2.75) is 432 Å². The lowest BCUT2D eigenvalue weighted by atomic mass is 10.0. The van der Waals surface area contributed by atoms with Crippen molar-refractivity contribution in [1.82, 2.24) is 36.8 Å². The fraction of sp³-hybridized carbons (Fsp3) is 0.848. The number of ketones is 3. The Hall–Kier alpha value is -8.20. The van der Waals surface area contributed by atoms with Gasteiger partial charge in [0.25, 0.3) is 0 Å². The highest BCUT2D eigenvalue weighted by atomic mass is 16.5. The molecule has 0 saturated heterocycles. The van der Waals surface area contributed by atoms with Crippen LogP contribution in [0.4, 0.5) is 0 Å². The van der Waals surface area contributed by atoms with Crippen molar-refractivity contribution in [1.29, 1.82) is 0 Å². The van der Waals surface area contributed by atoms with E-state index in [0.29, 0.717) is 98.4 Å². The van der Waals surface area contributed by atoms with Crippen LogP contribution in [0, 0.1) is 0 Å². The minimum Gasteiger partial charge on any atom is -0.481 e. The molecule has 0 spiro atoms. The molecular formula is C105H193N7O30. The molecule has 0 unspecified atom stereocenters. The van der Waals surface area contributed by atoms with Crippen LogP contribution in [0.2, 0.25) is 0 Å². The third-order valence-corrected chi connectivity index (χ3v) is 22.7. The molecule has 0 radical (unpaired) electrons. The van der Waals surface area contributed by atoms with Crippen LogP contribution in [-0.4, -0.2) is 287 Å². The van der Waals surface area contributed by atoms with Crippen LogP contribution in [0.3, 0.4) is 0 Å². The Kier molecular flexibility index (Phi) is 109. The molecule has 0 aromatic rings. The highest BCUT2D eigenvalue weighted by Gasteiger charge is 2.24. The van der Waals surface area contributed by atoms with Crippen LogP contribution in [0.25, 0.3) is 0 Å². The van der Waals surface area contributed by atoms with Gasteiger partial charge in [0.15, 0.2) is 17.3 Å². The molecule has 0 aliphatic carbocycles. The van der Waals surface area contributed by atoms with E-state index in [1.807, 2.05) is 13.8 Å². The molecule has 0 aliphatic heterocycles. The second-order valence-electron chi connectivity index (χ2n) is 36.3. The SMILES string of the molecule is CC(=O)COCCOCCNC(=O)CC[C@@H](NC(=O)CCCCCCCCCCCCCCCCCCCCC(=O)O)C(=O)O.CC(=O)COCCOCCNC(=O)CC[C@H](NC(=O)CCCCCCCCCCCCCCCCCCCCC(=O)O)C(=O)O.CCOCC(=O)NCCOCCOCC(C)=O.CCOCCNC(=O)CN(CC(=O)O)C(=O)CCCCCCCCCCCCCCCCC(=O)O. The molecule has 12 N–H and O–H groups in total. The Labute approximate surface area is 849 Å². The predicted molar refractivity (Wildman–Crippen MR) is 545 cm³/mol. The summed E-state index contributed by atoms with van der Waals surface area (Å²) in [4.78, 5) is 182. The summed E-state index contributed by atoms with van der Waals surface area (Å²) >= 11 is 0. The number of ether oxygens (including phenoxy) is 8. The summed E-state index contributed by atoms with van der Waals surface area (Å²) in [6.45, 7) is 13.4. The van der Waals surface area contributed by atoms with Gasteiger partial charge in [0.2, 0.25) is 41.4 Å². The van der Waals surface area contributed by atoms with Crippen LogP contribution in [0.15, 0.2) is 0 Å². The fourth-order valence-corrected chi connectivity index (χ4v) is 14.8. The van der Waals surface area contributed by atoms with Gasteiger partial charge in [0.05, 0.1) is 66.1 Å². The van der Waals surface area contributed by atoms with E-state index in [0.717, 1.165) is 133 Å². The number of hydrogen-bond donors (Lipinski definition) is 12. The third kappa shape index (κ3) is 119. The number of aliphatic carboxylic acids is 6. The molecule has 0 aromatic carbocycles. The number of amides is 7. The summed E-state index contributed by atoms with van der Waals surface area (Å²) in [6, 6.07) is -2.18. The van der Waals surface area contributed by atoms with Crippen LogP contribution < -0.4 is 31.9 Å². The number of carbonyl (C=O) groups is 16.